The van der Waals surface area contributed by atoms with Gasteiger partial charge in [0.25, 0.3) is 6.43 Å². The molecule has 0 bridgehead atoms. The van der Waals surface area contributed by atoms with Gasteiger partial charge in [-0.25, -0.2) is 13.8 Å². The van der Waals surface area contributed by atoms with Gasteiger partial charge in [0.15, 0.2) is 0 Å². The minimum Gasteiger partial charge on any atom is -0.481 e. The van der Waals surface area contributed by atoms with E-state index in [-0.39, 0.29) is 17.0 Å². The summed E-state index contributed by atoms with van der Waals surface area (Å²) in [6.45, 7) is 1.15. The highest BCUT2D eigenvalue weighted by atomic mass is 19.3. The standard InChI is InChI=1S/C9H11F2NO2/c1-5-7(4-13)6(8(10)11)3-12-9(5)14-2/h3,8,13H,4H2,1-2H3. The number of halogens is 2. The lowest BCUT2D eigenvalue weighted by Gasteiger charge is -2.11. The Hall–Kier alpha value is -1.23. The maximum Gasteiger partial charge on any atom is 0.265 e. The van der Waals surface area contributed by atoms with Crippen LogP contribution in [-0.4, -0.2) is 17.2 Å². The van der Waals surface area contributed by atoms with Crippen LogP contribution in [0.25, 0.3) is 0 Å². The summed E-state index contributed by atoms with van der Waals surface area (Å²) in [5, 5.41) is 8.95. The highest BCUT2D eigenvalue weighted by molar-refractivity contribution is 5.39. The van der Waals surface area contributed by atoms with E-state index in [1.807, 2.05) is 0 Å². The Labute approximate surface area is 80.3 Å². The van der Waals surface area contributed by atoms with E-state index in [0.29, 0.717) is 5.56 Å². The molecule has 0 unspecified atom stereocenters. The lowest BCUT2D eigenvalue weighted by Crippen LogP contribution is -2.02. The maximum absolute atomic E-state index is 12.4. The normalized spacial score (nSPS) is 10.7. The summed E-state index contributed by atoms with van der Waals surface area (Å²) in [5.74, 6) is 0.262. The predicted octanol–water partition coefficient (Wildman–Crippen LogP) is 1.83. The summed E-state index contributed by atoms with van der Waals surface area (Å²) in [4.78, 5) is 3.71. The van der Waals surface area contributed by atoms with E-state index in [9.17, 15) is 8.78 Å². The molecule has 1 N–H and O–H groups in total. The first-order chi connectivity index (χ1) is 6.61. The first-order valence-electron chi connectivity index (χ1n) is 4.03. The van der Waals surface area contributed by atoms with Gasteiger partial charge in [-0.3, -0.25) is 0 Å². The fraction of sp³-hybridized carbons (Fsp3) is 0.444. The molecule has 3 nitrogen and oxygen atoms in total. The van der Waals surface area contributed by atoms with Gasteiger partial charge in [0.05, 0.1) is 13.7 Å². The van der Waals surface area contributed by atoms with Crippen LogP contribution in [0.4, 0.5) is 8.78 Å². The van der Waals surface area contributed by atoms with E-state index >= 15 is 0 Å². The molecule has 0 amide bonds. The number of nitrogens with zero attached hydrogens (tertiary/aromatic N) is 1. The summed E-state index contributed by atoms with van der Waals surface area (Å²) >= 11 is 0. The van der Waals surface area contributed by atoms with Crippen molar-refractivity contribution in [3.8, 4) is 5.88 Å². The first-order valence-corrected chi connectivity index (χ1v) is 4.03. The third-order valence-electron chi connectivity index (χ3n) is 2.03. The van der Waals surface area contributed by atoms with Crippen molar-refractivity contribution in [1.29, 1.82) is 0 Å². The number of alkyl halides is 2. The Morgan fingerprint density at radius 3 is 2.64 bits per heavy atom. The van der Waals surface area contributed by atoms with Gasteiger partial charge in [0.2, 0.25) is 5.88 Å². The number of hydrogen-bond donors (Lipinski definition) is 1. The number of rotatable bonds is 3. The Balaban J connectivity index is 3.28. The predicted molar refractivity (Wildman–Crippen MR) is 46.4 cm³/mol. The lowest BCUT2D eigenvalue weighted by atomic mass is 10.1. The van der Waals surface area contributed by atoms with E-state index in [0.717, 1.165) is 6.20 Å². The van der Waals surface area contributed by atoms with Crippen molar-refractivity contribution in [2.75, 3.05) is 7.11 Å². The molecule has 1 heterocycles. The largest absolute Gasteiger partial charge is 0.481 e. The third kappa shape index (κ3) is 1.82. The molecule has 78 valence electrons. The minimum atomic E-state index is -2.63. The second-order valence-electron chi connectivity index (χ2n) is 2.79. The van der Waals surface area contributed by atoms with Gasteiger partial charge in [0.1, 0.15) is 0 Å². The molecule has 14 heavy (non-hydrogen) atoms. The molecule has 0 radical (unpaired) electrons. The fourth-order valence-corrected chi connectivity index (χ4v) is 1.25. The summed E-state index contributed by atoms with van der Waals surface area (Å²) in [7, 11) is 1.40. The summed E-state index contributed by atoms with van der Waals surface area (Å²) in [6, 6.07) is 0. The molecule has 0 atom stereocenters. The van der Waals surface area contributed by atoms with Crippen LogP contribution >= 0.6 is 0 Å². The van der Waals surface area contributed by atoms with Crippen molar-refractivity contribution in [2.45, 2.75) is 20.0 Å². The molecule has 0 fully saturated rings. The van der Waals surface area contributed by atoms with Gasteiger partial charge < -0.3 is 9.84 Å². The van der Waals surface area contributed by atoms with E-state index in [1.165, 1.54) is 7.11 Å². The van der Waals surface area contributed by atoms with Gasteiger partial charge in [-0.2, -0.15) is 0 Å². The molecule has 0 saturated heterocycles. The van der Waals surface area contributed by atoms with Crippen molar-refractivity contribution in [3.05, 3.63) is 22.9 Å². The molecule has 0 aliphatic heterocycles. The Morgan fingerprint density at radius 2 is 2.21 bits per heavy atom. The van der Waals surface area contributed by atoms with Crippen LogP contribution in [0, 0.1) is 6.92 Å². The average Bonchev–Trinajstić information content (AvgIpc) is 2.17. The van der Waals surface area contributed by atoms with E-state index < -0.39 is 13.0 Å². The SMILES string of the molecule is COc1ncc(C(F)F)c(CO)c1C. The average molecular weight is 203 g/mol. The van der Waals surface area contributed by atoms with Gasteiger partial charge in [-0.1, -0.05) is 0 Å². The molecule has 1 aromatic heterocycles. The van der Waals surface area contributed by atoms with Crippen LogP contribution < -0.4 is 4.74 Å². The van der Waals surface area contributed by atoms with Crippen LogP contribution in [0.2, 0.25) is 0 Å². The van der Waals surface area contributed by atoms with Gasteiger partial charge in [0, 0.05) is 17.3 Å². The second-order valence-corrected chi connectivity index (χ2v) is 2.79. The Bertz CT molecular complexity index is 329. The zero-order valence-corrected chi connectivity index (χ0v) is 7.92. The van der Waals surface area contributed by atoms with Crippen molar-refractivity contribution in [3.63, 3.8) is 0 Å². The number of methoxy groups -OCH3 is 1. The number of hydrogen-bond acceptors (Lipinski definition) is 3. The number of ether oxygens (including phenoxy) is 1. The smallest absolute Gasteiger partial charge is 0.265 e. The summed E-state index contributed by atoms with van der Waals surface area (Å²) < 4.78 is 29.7. The number of aliphatic hydroxyl groups is 1. The summed E-state index contributed by atoms with van der Waals surface area (Å²) in [5.41, 5.74) is 0.394. The molecular weight excluding hydrogens is 192 g/mol. The molecule has 0 spiro atoms. The van der Waals surface area contributed by atoms with Crippen LogP contribution in [0.1, 0.15) is 23.1 Å². The molecule has 5 heteroatoms. The van der Waals surface area contributed by atoms with Crippen LogP contribution in [0.3, 0.4) is 0 Å². The van der Waals surface area contributed by atoms with Gasteiger partial charge in [-0.15, -0.1) is 0 Å². The molecule has 1 aromatic rings. The molecule has 0 saturated carbocycles. The van der Waals surface area contributed by atoms with Crippen molar-refractivity contribution < 1.29 is 18.6 Å². The summed E-state index contributed by atoms with van der Waals surface area (Å²) in [6.07, 6.45) is -1.60. The van der Waals surface area contributed by atoms with Crippen LogP contribution in [0.5, 0.6) is 5.88 Å². The second kappa shape index (κ2) is 4.32. The highest BCUT2D eigenvalue weighted by Crippen LogP contribution is 2.28. The zero-order chi connectivity index (χ0) is 10.7. The maximum atomic E-state index is 12.4. The van der Waals surface area contributed by atoms with Crippen molar-refractivity contribution >= 4 is 0 Å². The van der Waals surface area contributed by atoms with Crippen LogP contribution in [-0.2, 0) is 6.61 Å². The third-order valence-corrected chi connectivity index (χ3v) is 2.03. The topological polar surface area (TPSA) is 42.4 Å². The molecule has 0 aromatic carbocycles. The molecule has 1 rings (SSSR count). The van der Waals surface area contributed by atoms with Gasteiger partial charge >= 0.3 is 0 Å². The monoisotopic (exact) mass is 203 g/mol. The lowest BCUT2D eigenvalue weighted by molar-refractivity contribution is 0.146. The van der Waals surface area contributed by atoms with Crippen molar-refractivity contribution in [2.24, 2.45) is 0 Å². The number of aliphatic hydroxyl groups excluding tert-OH is 1. The van der Waals surface area contributed by atoms with E-state index in [1.54, 1.807) is 6.92 Å². The number of aromatic nitrogens is 1. The number of pyridine rings is 1. The molecule has 0 aliphatic carbocycles. The fourth-order valence-electron chi connectivity index (χ4n) is 1.25. The first kappa shape index (κ1) is 10.8. The Morgan fingerprint density at radius 1 is 1.57 bits per heavy atom. The molecular formula is C9H11F2NO2. The quantitative estimate of drug-likeness (QED) is 0.814. The highest BCUT2D eigenvalue weighted by Gasteiger charge is 2.17. The van der Waals surface area contributed by atoms with E-state index in [4.69, 9.17) is 9.84 Å². The van der Waals surface area contributed by atoms with Crippen LogP contribution in [0.15, 0.2) is 6.20 Å². The van der Waals surface area contributed by atoms with E-state index in [2.05, 4.69) is 4.98 Å². The Kier molecular flexibility index (Phi) is 3.35. The van der Waals surface area contributed by atoms with Crippen molar-refractivity contribution in [1.82, 2.24) is 4.98 Å². The van der Waals surface area contributed by atoms with Gasteiger partial charge in [-0.05, 0) is 12.5 Å². The molecule has 0 aliphatic rings. The minimum absolute atomic E-state index is 0.187. The zero-order valence-electron chi connectivity index (χ0n) is 7.92.